The van der Waals surface area contributed by atoms with Crippen molar-refractivity contribution in [2.24, 2.45) is 7.05 Å². The van der Waals surface area contributed by atoms with E-state index in [1.807, 2.05) is 19.3 Å². The maximum Gasteiger partial charge on any atom is 0.140 e. The first-order valence-corrected chi connectivity index (χ1v) is 5.45. The minimum Gasteiger partial charge on any atom is -0.368 e. The Kier molecular flexibility index (Phi) is 2.34. The molecular formula is C11H14N4O. The highest BCUT2D eigenvalue weighted by molar-refractivity contribution is 5.74. The smallest absolute Gasteiger partial charge is 0.140 e. The monoisotopic (exact) mass is 218 g/mol. The summed E-state index contributed by atoms with van der Waals surface area (Å²) in [4.78, 5) is 8.71. The molecule has 0 aliphatic carbocycles. The molecular weight excluding hydrogens is 204 g/mol. The summed E-state index contributed by atoms with van der Waals surface area (Å²) >= 11 is 0. The van der Waals surface area contributed by atoms with Crippen LogP contribution in [0, 0.1) is 0 Å². The number of ether oxygens (including phenoxy) is 1. The second kappa shape index (κ2) is 3.84. The average molecular weight is 218 g/mol. The van der Waals surface area contributed by atoms with Crippen molar-refractivity contribution < 1.29 is 4.74 Å². The SMILES string of the molecule is Cn1c(C2CNCCO2)nc2ccncc21. The minimum absolute atomic E-state index is 0.0474. The van der Waals surface area contributed by atoms with Gasteiger partial charge in [0.25, 0.3) is 0 Å². The van der Waals surface area contributed by atoms with E-state index in [4.69, 9.17) is 4.74 Å². The molecule has 0 bridgehead atoms. The lowest BCUT2D eigenvalue weighted by Crippen LogP contribution is -2.34. The molecule has 5 nitrogen and oxygen atoms in total. The number of imidazole rings is 1. The molecule has 5 heteroatoms. The number of hydrogen-bond acceptors (Lipinski definition) is 4. The van der Waals surface area contributed by atoms with Crippen molar-refractivity contribution >= 4 is 11.0 Å². The quantitative estimate of drug-likeness (QED) is 0.762. The molecule has 1 unspecified atom stereocenters. The van der Waals surface area contributed by atoms with Crippen LogP contribution >= 0.6 is 0 Å². The van der Waals surface area contributed by atoms with E-state index in [1.54, 1.807) is 6.20 Å². The fourth-order valence-electron chi connectivity index (χ4n) is 2.07. The zero-order chi connectivity index (χ0) is 11.0. The van der Waals surface area contributed by atoms with Gasteiger partial charge in [-0.15, -0.1) is 0 Å². The first kappa shape index (κ1) is 9.74. The highest BCUT2D eigenvalue weighted by atomic mass is 16.5. The number of nitrogens with zero attached hydrogens (tertiary/aromatic N) is 3. The molecule has 16 heavy (non-hydrogen) atoms. The van der Waals surface area contributed by atoms with Gasteiger partial charge in [-0.05, 0) is 6.07 Å². The normalized spacial score (nSPS) is 21.4. The van der Waals surface area contributed by atoms with Gasteiger partial charge in [0.2, 0.25) is 0 Å². The lowest BCUT2D eigenvalue weighted by atomic mass is 10.3. The van der Waals surface area contributed by atoms with E-state index in [-0.39, 0.29) is 6.10 Å². The number of aryl methyl sites for hydroxylation is 1. The molecule has 84 valence electrons. The maximum atomic E-state index is 5.71. The molecule has 0 amide bonds. The van der Waals surface area contributed by atoms with Gasteiger partial charge in [-0.2, -0.15) is 0 Å². The lowest BCUT2D eigenvalue weighted by molar-refractivity contribution is 0.0208. The van der Waals surface area contributed by atoms with E-state index in [2.05, 4.69) is 19.9 Å². The molecule has 1 N–H and O–H groups in total. The first-order chi connectivity index (χ1) is 7.86. The Hall–Kier alpha value is -1.46. The zero-order valence-electron chi connectivity index (χ0n) is 9.18. The molecule has 1 atom stereocenters. The summed E-state index contributed by atoms with van der Waals surface area (Å²) in [5.41, 5.74) is 2.02. The number of rotatable bonds is 1. The van der Waals surface area contributed by atoms with Gasteiger partial charge >= 0.3 is 0 Å². The van der Waals surface area contributed by atoms with E-state index in [1.165, 1.54) is 0 Å². The van der Waals surface area contributed by atoms with E-state index in [9.17, 15) is 0 Å². The van der Waals surface area contributed by atoms with Gasteiger partial charge in [-0.1, -0.05) is 0 Å². The van der Waals surface area contributed by atoms with Crippen molar-refractivity contribution in [3.05, 3.63) is 24.3 Å². The summed E-state index contributed by atoms with van der Waals surface area (Å²) in [5, 5.41) is 3.31. The van der Waals surface area contributed by atoms with Gasteiger partial charge < -0.3 is 14.6 Å². The van der Waals surface area contributed by atoms with Crippen LogP contribution in [0.5, 0.6) is 0 Å². The summed E-state index contributed by atoms with van der Waals surface area (Å²) in [7, 11) is 2.00. The van der Waals surface area contributed by atoms with Gasteiger partial charge in [0.05, 0.1) is 23.8 Å². The van der Waals surface area contributed by atoms with Crippen molar-refractivity contribution in [1.29, 1.82) is 0 Å². The Morgan fingerprint density at radius 2 is 2.50 bits per heavy atom. The van der Waals surface area contributed by atoms with E-state index in [0.717, 1.165) is 36.6 Å². The average Bonchev–Trinajstić information content (AvgIpc) is 2.69. The maximum absolute atomic E-state index is 5.71. The number of pyridine rings is 1. The molecule has 2 aromatic rings. The Bertz CT molecular complexity index is 502. The van der Waals surface area contributed by atoms with Crippen LogP contribution in [-0.2, 0) is 11.8 Å². The minimum atomic E-state index is 0.0474. The van der Waals surface area contributed by atoms with Crippen LogP contribution < -0.4 is 5.32 Å². The van der Waals surface area contributed by atoms with Crippen LogP contribution in [-0.4, -0.2) is 34.2 Å². The number of hydrogen-bond donors (Lipinski definition) is 1. The summed E-state index contributed by atoms with van der Waals surface area (Å²) < 4.78 is 7.76. The molecule has 3 heterocycles. The Balaban J connectivity index is 2.05. The summed E-state index contributed by atoms with van der Waals surface area (Å²) in [6.07, 6.45) is 3.65. The predicted molar refractivity (Wildman–Crippen MR) is 60.1 cm³/mol. The van der Waals surface area contributed by atoms with Crippen LogP contribution in [0.25, 0.3) is 11.0 Å². The van der Waals surface area contributed by atoms with E-state index >= 15 is 0 Å². The summed E-state index contributed by atoms with van der Waals surface area (Å²) in [6.45, 7) is 2.48. The van der Waals surface area contributed by atoms with Gasteiger partial charge in [-0.3, -0.25) is 4.98 Å². The Morgan fingerprint density at radius 1 is 1.56 bits per heavy atom. The van der Waals surface area contributed by atoms with Crippen LogP contribution in [0.3, 0.4) is 0 Å². The van der Waals surface area contributed by atoms with Crippen molar-refractivity contribution in [3.63, 3.8) is 0 Å². The first-order valence-electron chi connectivity index (χ1n) is 5.45. The van der Waals surface area contributed by atoms with Crippen molar-refractivity contribution in [1.82, 2.24) is 19.9 Å². The van der Waals surface area contributed by atoms with Gasteiger partial charge in [0.15, 0.2) is 0 Å². The van der Waals surface area contributed by atoms with Gasteiger partial charge in [0, 0.05) is 26.3 Å². The van der Waals surface area contributed by atoms with Crippen LogP contribution in [0.4, 0.5) is 0 Å². The third kappa shape index (κ3) is 1.48. The van der Waals surface area contributed by atoms with Crippen molar-refractivity contribution in [3.8, 4) is 0 Å². The molecule has 1 aliphatic rings. The topological polar surface area (TPSA) is 52.0 Å². The van der Waals surface area contributed by atoms with E-state index in [0.29, 0.717) is 0 Å². The third-order valence-corrected chi connectivity index (χ3v) is 2.93. The van der Waals surface area contributed by atoms with Crippen molar-refractivity contribution in [2.45, 2.75) is 6.10 Å². The van der Waals surface area contributed by atoms with Crippen molar-refractivity contribution in [2.75, 3.05) is 19.7 Å². The molecule has 1 saturated heterocycles. The molecule has 1 aliphatic heterocycles. The second-order valence-electron chi connectivity index (χ2n) is 3.96. The standard InChI is InChI=1S/C11H14N4O/c1-15-9-6-12-3-2-8(9)14-11(15)10-7-13-4-5-16-10/h2-3,6,10,13H,4-5,7H2,1H3. The predicted octanol–water partition coefficient (Wildman–Crippen LogP) is 0.629. The van der Waals surface area contributed by atoms with Crippen LogP contribution in [0.1, 0.15) is 11.9 Å². The second-order valence-corrected chi connectivity index (χ2v) is 3.96. The Morgan fingerprint density at radius 3 is 3.25 bits per heavy atom. The fraction of sp³-hybridized carbons (Fsp3) is 0.455. The number of fused-ring (bicyclic) bond motifs is 1. The molecule has 0 aromatic carbocycles. The molecule has 0 saturated carbocycles. The lowest BCUT2D eigenvalue weighted by Gasteiger charge is -2.23. The molecule has 0 spiro atoms. The number of nitrogens with one attached hydrogen (secondary N) is 1. The highest BCUT2D eigenvalue weighted by Gasteiger charge is 2.21. The largest absolute Gasteiger partial charge is 0.368 e. The molecule has 0 radical (unpaired) electrons. The summed E-state index contributed by atoms with van der Waals surface area (Å²) in [5.74, 6) is 0.968. The molecule has 3 rings (SSSR count). The van der Waals surface area contributed by atoms with Crippen LogP contribution in [0.2, 0.25) is 0 Å². The highest BCUT2D eigenvalue weighted by Crippen LogP contribution is 2.21. The van der Waals surface area contributed by atoms with Crippen LogP contribution in [0.15, 0.2) is 18.5 Å². The summed E-state index contributed by atoms with van der Waals surface area (Å²) in [6, 6.07) is 1.93. The number of aromatic nitrogens is 3. The molecule has 1 fully saturated rings. The van der Waals surface area contributed by atoms with E-state index < -0.39 is 0 Å². The third-order valence-electron chi connectivity index (χ3n) is 2.93. The zero-order valence-corrected chi connectivity index (χ0v) is 9.18. The Labute approximate surface area is 93.5 Å². The van der Waals surface area contributed by atoms with Gasteiger partial charge in [0.1, 0.15) is 11.9 Å². The van der Waals surface area contributed by atoms with Gasteiger partial charge in [-0.25, -0.2) is 4.98 Å². The number of morpholine rings is 1. The molecule has 2 aromatic heterocycles. The fourth-order valence-corrected chi connectivity index (χ4v) is 2.07.